The van der Waals surface area contributed by atoms with Crippen molar-refractivity contribution < 1.29 is 23.8 Å². The molecule has 1 amide bonds. The smallest absolute Gasteiger partial charge is 0.344 e. The first kappa shape index (κ1) is 23.9. The number of likely N-dealkylation sites (N-methyl/N-ethyl adjacent to an activating group) is 1. The Bertz CT molecular complexity index is 1060. The molecule has 9 heteroatoms. The number of hydrogen-bond donors (Lipinski definition) is 0. The van der Waals surface area contributed by atoms with Gasteiger partial charge in [-0.15, -0.1) is 0 Å². The van der Waals surface area contributed by atoms with E-state index in [0.29, 0.717) is 32.7 Å². The number of carbonyl (C=O) groups excluding carboxylic acids is 2. The molecule has 2 aromatic carbocycles. The van der Waals surface area contributed by atoms with Crippen molar-refractivity contribution in [3.63, 3.8) is 0 Å². The maximum atomic E-state index is 12.7. The summed E-state index contributed by atoms with van der Waals surface area (Å²) in [5, 5.41) is 0.603. The van der Waals surface area contributed by atoms with E-state index in [1.165, 1.54) is 16.7 Å². The Balaban J connectivity index is 1.86. The first-order valence-corrected chi connectivity index (χ1v) is 11.6. The highest BCUT2D eigenvalue weighted by molar-refractivity contribution is 9.10. The number of halogens is 1. The van der Waals surface area contributed by atoms with Crippen LogP contribution >= 0.6 is 27.7 Å². The number of hydrogen-bond acceptors (Lipinski definition) is 7. The van der Waals surface area contributed by atoms with Crippen LogP contribution in [-0.2, 0) is 14.3 Å². The minimum absolute atomic E-state index is 0.138. The molecule has 0 aromatic heterocycles. The van der Waals surface area contributed by atoms with E-state index in [0.717, 1.165) is 11.3 Å². The van der Waals surface area contributed by atoms with Crippen LogP contribution < -0.4 is 9.47 Å². The topological polar surface area (TPSA) is 77.4 Å². The largest absolute Gasteiger partial charge is 0.490 e. The average Bonchev–Trinajstić information content (AvgIpc) is 3.02. The van der Waals surface area contributed by atoms with E-state index in [-0.39, 0.29) is 19.1 Å². The summed E-state index contributed by atoms with van der Waals surface area (Å²) in [5.41, 5.74) is 1.52. The van der Waals surface area contributed by atoms with Crippen molar-refractivity contribution in [1.29, 1.82) is 0 Å². The summed E-state index contributed by atoms with van der Waals surface area (Å²) >= 11 is 4.78. The molecule has 7 nitrogen and oxygen atoms in total. The predicted octanol–water partition coefficient (Wildman–Crippen LogP) is 5.02. The summed E-state index contributed by atoms with van der Waals surface area (Å²) < 4.78 is 16.8. The van der Waals surface area contributed by atoms with E-state index in [1.54, 1.807) is 32.2 Å². The molecule has 0 unspecified atom stereocenters. The Morgan fingerprint density at radius 3 is 2.59 bits per heavy atom. The van der Waals surface area contributed by atoms with Gasteiger partial charge in [-0.1, -0.05) is 18.2 Å². The number of rotatable bonds is 8. The third-order valence-electron chi connectivity index (χ3n) is 4.25. The van der Waals surface area contributed by atoms with Crippen LogP contribution in [-0.4, -0.2) is 48.8 Å². The molecule has 1 aliphatic rings. The number of amides is 1. The van der Waals surface area contributed by atoms with E-state index < -0.39 is 5.97 Å². The van der Waals surface area contributed by atoms with Crippen LogP contribution in [0, 0.1) is 0 Å². The van der Waals surface area contributed by atoms with Gasteiger partial charge >= 0.3 is 5.97 Å². The Kier molecular flexibility index (Phi) is 8.35. The zero-order valence-electron chi connectivity index (χ0n) is 18.0. The highest BCUT2D eigenvalue weighted by Gasteiger charge is 2.30. The van der Waals surface area contributed by atoms with Crippen LogP contribution in [0.4, 0.5) is 5.69 Å². The van der Waals surface area contributed by atoms with Crippen molar-refractivity contribution in [3.8, 4) is 11.5 Å². The van der Waals surface area contributed by atoms with Crippen molar-refractivity contribution in [1.82, 2.24) is 4.90 Å². The minimum Gasteiger partial charge on any atom is -0.490 e. The third kappa shape index (κ3) is 5.92. The molecule has 0 spiro atoms. The SMILES string of the molecule is CCOC(=O)COc1c(Br)cc(/C=C2/SC(=Nc3ccccc3)N(C)C2=O)cc1OCC. The number of esters is 1. The molecule has 1 aliphatic heterocycles. The lowest BCUT2D eigenvalue weighted by molar-refractivity contribution is -0.145. The van der Waals surface area contributed by atoms with E-state index in [9.17, 15) is 9.59 Å². The van der Waals surface area contributed by atoms with Gasteiger partial charge in [-0.3, -0.25) is 9.69 Å². The molecule has 3 rings (SSSR count). The molecule has 0 radical (unpaired) electrons. The third-order valence-corrected chi connectivity index (χ3v) is 5.90. The summed E-state index contributed by atoms with van der Waals surface area (Å²) in [5.74, 6) is 0.256. The zero-order chi connectivity index (χ0) is 23.1. The Hall–Kier alpha value is -2.78. The van der Waals surface area contributed by atoms with Crippen LogP contribution in [0.5, 0.6) is 11.5 Å². The number of amidine groups is 1. The van der Waals surface area contributed by atoms with Gasteiger partial charge in [0, 0.05) is 7.05 Å². The summed E-state index contributed by atoms with van der Waals surface area (Å²) in [6.07, 6.45) is 1.78. The maximum absolute atomic E-state index is 12.7. The Morgan fingerprint density at radius 1 is 1.16 bits per heavy atom. The molecule has 1 saturated heterocycles. The van der Waals surface area contributed by atoms with Crippen molar-refractivity contribution in [3.05, 3.63) is 57.4 Å². The minimum atomic E-state index is -0.464. The normalized spacial score (nSPS) is 16.0. The number of para-hydroxylation sites is 1. The molecule has 32 heavy (non-hydrogen) atoms. The number of aliphatic imine (C=N–C) groups is 1. The van der Waals surface area contributed by atoms with Gasteiger partial charge in [0.1, 0.15) is 0 Å². The van der Waals surface area contributed by atoms with Gasteiger partial charge in [0.25, 0.3) is 5.91 Å². The van der Waals surface area contributed by atoms with Gasteiger partial charge in [0.2, 0.25) is 0 Å². The molecule has 0 atom stereocenters. The molecule has 1 heterocycles. The number of carbonyl (C=O) groups is 2. The summed E-state index contributed by atoms with van der Waals surface area (Å²) in [7, 11) is 1.70. The second-order valence-corrected chi connectivity index (χ2v) is 8.42. The summed E-state index contributed by atoms with van der Waals surface area (Å²) in [6.45, 7) is 4.05. The molecule has 0 aliphatic carbocycles. The van der Waals surface area contributed by atoms with Gasteiger partial charge in [0.05, 0.1) is 28.3 Å². The lowest BCUT2D eigenvalue weighted by atomic mass is 10.2. The van der Waals surface area contributed by atoms with Gasteiger partial charge in [-0.05, 0) is 77.4 Å². The van der Waals surface area contributed by atoms with Crippen LogP contribution in [0.1, 0.15) is 19.4 Å². The lowest BCUT2D eigenvalue weighted by Gasteiger charge is -2.14. The van der Waals surface area contributed by atoms with E-state index >= 15 is 0 Å². The Morgan fingerprint density at radius 2 is 1.91 bits per heavy atom. The average molecular weight is 519 g/mol. The standard InChI is InChI=1S/C23H23BrN2O5S/c1-4-29-18-12-15(11-17(24)21(18)31-14-20(27)30-5-2)13-19-22(28)26(3)23(32-19)25-16-9-7-6-8-10-16/h6-13H,4-5,14H2,1-3H3/b19-13+,25-23?. The van der Waals surface area contributed by atoms with Crippen molar-refractivity contribution >= 4 is 56.5 Å². The van der Waals surface area contributed by atoms with E-state index in [2.05, 4.69) is 20.9 Å². The number of thioether (sulfide) groups is 1. The number of benzene rings is 2. The fraction of sp³-hybridized carbons (Fsp3) is 0.261. The fourth-order valence-corrected chi connectivity index (χ4v) is 4.39. The Labute approximate surface area is 199 Å². The van der Waals surface area contributed by atoms with Gasteiger partial charge in [-0.25, -0.2) is 9.79 Å². The van der Waals surface area contributed by atoms with E-state index in [4.69, 9.17) is 14.2 Å². The van der Waals surface area contributed by atoms with Crippen LogP contribution in [0.15, 0.2) is 56.8 Å². The maximum Gasteiger partial charge on any atom is 0.344 e. The molecular formula is C23H23BrN2O5S. The molecule has 0 bridgehead atoms. The fourth-order valence-electron chi connectivity index (χ4n) is 2.82. The van der Waals surface area contributed by atoms with Gasteiger partial charge in [-0.2, -0.15) is 0 Å². The first-order valence-electron chi connectivity index (χ1n) is 9.99. The quantitative estimate of drug-likeness (QED) is 0.360. The molecule has 2 aromatic rings. The van der Waals surface area contributed by atoms with Crippen molar-refractivity contribution in [2.75, 3.05) is 26.9 Å². The monoisotopic (exact) mass is 518 g/mol. The second kappa shape index (κ2) is 11.2. The molecular weight excluding hydrogens is 496 g/mol. The highest BCUT2D eigenvalue weighted by atomic mass is 79.9. The zero-order valence-corrected chi connectivity index (χ0v) is 20.4. The molecule has 168 valence electrons. The summed E-state index contributed by atoms with van der Waals surface area (Å²) in [4.78, 5) is 31.0. The second-order valence-electron chi connectivity index (χ2n) is 6.56. The van der Waals surface area contributed by atoms with Crippen LogP contribution in [0.25, 0.3) is 6.08 Å². The highest BCUT2D eigenvalue weighted by Crippen LogP contribution is 2.39. The van der Waals surface area contributed by atoms with Crippen molar-refractivity contribution in [2.45, 2.75) is 13.8 Å². The van der Waals surface area contributed by atoms with Gasteiger partial charge in [0.15, 0.2) is 23.3 Å². The van der Waals surface area contributed by atoms with E-state index in [1.807, 2.05) is 37.3 Å². The van der Waals surface area contributed by atoms with Crippen LogP contribution in [0.3, 0.4) is 0 Å². The lowest BCUT2D eigenvalue weighted by Crippen LogP contribution is -2.23. The molecule has 0 N–H and O–H groups in total. The molecule has 1 fully saturated rings. The number of nitrogens with zero attached hydrogens (tertiary/aromatic N) is 2. The first-order chi connectivity index (χ1) is 15.4. The van der Waals surface area contributed by atoms with Gasteiger partial charge < -0.3 is 14.2 Å². The molecule has 0 saturated carbocycles. The number of ether oxygens (including phenoxy) is 3. The summed E-state index contributed by atoms with van der Waals surface area (Å²) in [6, 6.07) is 13.0. The van der Waals surface area contributed by atoms with Crippen LogP contribution in [0.2, 0.25) is 0 Å². The predicted molar refractivity (Wildman–Crippen MR) is 129 cm³/mol. The van der Waals surface area contributed by atoms with Crippen molar-refractivity contribution in [2.24, 2.45) is 4.99 Å².